The molecule has 0 aliphatic heterocycles. The van der Waals surface area contributed by atoms with Crippen LogP contribution in [0.4, 0.5) is 5.69 Å². The van der Waals surface area contributed by atoms with Gasteiger partial charge in [0.2, 0.25) is 0 Å². The van der Waals surface area contributed by atoms with Gasteiger partial charge in [-0.25, -0.2) is 4.98 Å². The molecule has 0 saturated carbocycles. The third kappa shape index (κ3) is 2.40. The maximum Gasteiger partial charge on any atom is 0.267 e. The van der Waals surface area contributed by atoms with Crippen LogP contribution in [0.3, 0.4) is 0 Å². The second-order valence-electron chi connectivity index (χ2n) is 4.51. The number of carbonyl (C=O) groups excluding carboxylic acids is 1. The number of anilines is 1. The number of carbonyl (C=O) groups is 1. The fourth-order valence-electron chi connectivity index (χ4n) is 2.08. The molecule has 0 unspecified atom stereocenters. The van der Waals surface area contributed by atoms with Crippen molar-refractivity contribution in [3.8, 4) is 0 Å². The van der Waals surface area contributed by atoms with Gasteiger partial charge in [0.1, 0.15) is 4.88 Å². The van der Waals surface area contributed by atoms with E-state index in [1.165, 1.54) is 11.3 Å². The Balaban J connectivity index is 1.89. The third-order valence-corrected chi connectivity index (χ3v) is 4.04. The van der Waals surface area contributed by atoms with E-state index in [2.05, 4.69) is 15.3 Å². The van der Waals surface area contributed by atoms with Crippen LogP contribution < -0.4 is 5.32 Å². The lowest BCUT2D eigenvalue weighted by Gasteiger charge is -2.05. The molecule has 20 heavy (non-hydrogen) atoms. The predicted octanol–water partition coefficient (Wildman–Crippen LogP) is 3.56. The van der Waals surface area contributed by atoms with Crippen LogP contribution in [0.15, 0.2) is 36.5 Å². The van der Waals surface area contributed by atoms with Crippen LogP contribution in [0, 0.1) is 13.8 Å². The van der Waals surface area contributed by atoms with Gasteiger partial charge in [-0.05, 0) is 38.1 Å². The molecule has 0 fully saturated rings. The second-order valence-corrected chi connectivity index (χ2v) is 5.72. The number of hydrogen-bond acceptors (Lipinski definition) is 4. The van der Waals surface area contributed by atoms with Gasteiger partial charge in [0, 0.05) is 17.3 Å². The van der Waals surface area contributed by atoms with Crippen LogP contribution in [0.1, 0.15) is 20.4 Å². The van der Waals surface area contributed by atoms with Crippen LogP contribution in [0.25, 0.3) is 10.9 Å². The van der Waals surface area contributed by atoms with E-state index in [9.17, 15) is 4.79 Å². The van der Waals surface area contributed by atoms with E-state index < -0.39 is 0 Å². The summed E-state index contributed by atoms with van der Waals surface area (Å²) in [5.74, 6) is -0.114. The lowest BCUT2D eigenvalue weighted by molar-refractivity contribution is 0.103. The number of nitrogens with zero attached hydrogens (tertiary/aromatic N) is 2. The smallest absolute Gasteiger partial charge is 0.267 e. The Morgan fingerprint density at radius 3 is 2.85 bits per heavy atom. The summed E-state index contributed by atoms with van der Waals surface area (Å²) in [4.78, 5) is 21.4. The zero-order chi connectivity index (χ0) is 14.1. The van der Waals surface area contributed by atoms with E-state index in [-0.39, 0.29) is 5.91 Å². The minimum Gasteiger partial charge on any atom is -0.321 e. The first-order valence-corrected chi connectivity index (χ1v) is 7.05. The summed E-state index contributed by atoms with van der Waals surface area (Å²) >= 11 is 1.41. The minimum atomic E-state index is -0.114. The Labute approximate surface area is 120 Å². The summed E-state index contributed by atoms with van der Waals surface area (Å²) < 4.78 is 0. The molecule has 1 N–H and O–H groups in total. The summed E-state index contributed by atoms with van der Waals surface area (Å²) in [6, 6.07) is 9.53. The summed E-state index contributed by atoms with van der Waals surface area (Å²) in [5.41, 5.74) is 2.45. The fraction of sp³-hybridized carbons (Fsp3) is 0.133. The average molecular weight is 283 g/mol. The number of aromatic nitrogens is 2. The molecule has 0 aliphatic rings. The number of pyridine rings is 1. The number of nitrogens with one attached hydrogen (secondary N) is 1. The van der Waals surface area contributed by atoms with E-state index in [0.717, 1.165) is 27.3 Å². The highest BCUT2D eigenvalue weighted by molar-refractivity contribution is 7.13. The minimum absolute atomic E-state index is 0.114. The highest BCUT2D eigenvalue weighted by Gasteiger charge is 2.13. The van der Waals surface area contributed by atoms with E-state index >= 15 is 0 Å². The number of thiazole rings is 1. The first-order valence-electron chi connectivity index (χ1n) is 6.23. The van der Waals surface area contributed by atoms with Gasteiger partial charge >= 0.3 is 0 Å². The van der Waals surface area contributed by atoms with Gasteiger partial charge in [0.25, 0.3) is 5.91 Å². The standard InChI is InChI=1S/C15H13N3OS/c1-9-14(20-10(2)17-9)15(19)18-12-5-6-13-11(8-12)4-3-7-16-13/h3-8H,1-2H3,(H,18,19). The lowest BCUT2D eigenvalue weighted by Crippen LogP contribution is -2.11. The zero-order valence-electron chi connectivity index (χ0n) is 11.2. The molecule has 3 rings (SSSR count). The van der Waals surface area contributed by atoms with Gasteiger partial charge in [0.05, 0.1) is 16.2 Å². The fourth-order valence-corrected chi connectivity index (χ4v) is 2.90. The monoisotopic (exact) mass is 283 g/mol. The largest absolute Gasteiger partial charge is 0.321 e. The molecule has 1 aromatic carbocycles. The van der Waals surface area contributed by atoms with Crippen molar-refractivity contribution >= 4 is 33.8 Å². The third-order valence-electron chi connectivity index (χ3n) is 2.97. The van der Waals surface area contributed by atoms with Crippen molar-refractivity contribution in [3.63, 3.8) is 0 Å². The SMILES string of the molecule is Cc1nc(C)c(C(=O)Nc2ccc3ncccc3c2)s1. The molecule has 4 nitrogen and oxygen atoms in total. The first kappa shape index (κ1) is 12.7. The molecule has 1 amide bonds. The molecule has 2 heterocycles. The predicted molar refractivity (Wildman–Crippen MR) is 81.3 cm³/mol. The van der Waals surface area contributed by atoms with Gasteiger partial charge < -0.3 is 5.32 Å². The average Bonchev–Trinajstić information content (AvgIpc) is 2.78. The summed E-state index contributed by atoms with van der Waals surface area (Å²) in [6.45, 7) is 3.75. The molecular formula is C15H13N3OS. The number of benzene rings is 1. The van der Waals surface area contributed by atoms with Gasteiger partial charge in [0.15, 0.2) is 0 Å². The second kappa shape index (κ2) is 5.02. The van der Waals surface area contributed by atoms with Gasteiger partial charge in [-0.15, -0.1) is 11.3 Å². The Morgan fingerprint density at radius 2 is 2.10 bits per heavy atom. The molecule has 0 radical (unpaired) electrons. The van der Waals surface area contributed by atoms with Crippen molar-refractivity contribution in [1.29, 1.82) is 0 Å². The van der Waals surface area contributed by atoms with Crippen molar-refractivity contribution in [1.82, 2.24) is 9.97 Å². The molecule has 0 atom stereocenters. The molecule has 5 heteroatoms. The van der Waals surface area contributed by atoms with Gasteiger partial charge in [-0.1, -0.05) is 6.07 Å². The van der Waals surface area contributed by atoms with E-state index in [4.69, 9.17) is 0 Å². The molecule has 0 spiro atoms. The summed E-state index contributed by atoms with van der Waals surface area (Å²) in [7, 11) is 0. The van der Waals surface area contributed by atoms with Gasteiger partial charge in [-0.3, -0.25) is 9.78 Å². The Hall–Kier alpha value is -2.27. The maximum atomic E-state index is 12.2. The molecule has 0 saturated heterocycles. The van der Waals surface area contributed by atoms with E-state index in [1.54, 1.807) is 6.20 Å². The number of aryl methyl sites for hydroxylation is 2. The number of hydrogen-bond donors (Lipinski definition) is 1. The van der Waals surface area contributed by atoms with Crippen molar-refractivity contribution in [2.45, 2.75) is 13.8 Å². The summed E-state index contributed by atoms with van der Waals surface area (Å²) in [6.07, 6.45) is 1.75. The highest BCUT2D eigenvalue weighted by Crippen LogP contribution is 2.21. The number of rotatable bonds is 2. The van der Waals surface area contributed by atoms with Crippen molar-refractivity contribution < 1.29 is 4.79 Å². The molecular weight excluding hydrogens is 270 g/mol. The Kier molecular flexibility index (Phi) is 3.20. The molecule has 100 valence electrons. The Bertz CT molecular complexity index is 795. The maximum absolute atomic E-state index is 12.2. The van der Waals surface area contributed by atoms with Crippen LogP contribution in [0.5, 0.6) is 0 Å². The number of fused-ring (bicyclic) bond motifs is 1. The van der Waals surface area contributed by atoms with Crippen LogP contribution in [-0.4, -0.2) is 15.9 Å². The van der Waals surface area contributed by atoms with Crippen LogP contribution in [0.2, 0.25) is 0 Å². The first-order chi connectivity index (χ1) is 9.63. The lowest BCUT2D eigenvalue weighted by atomic mass is 10.2. The topological polar surface area (TPSA) is 54.9 Å². The molecule has 0 aliphatic carbocycles. The van der Waals surface area contributed by atoms with Crippen molar-refractivity contribution in [2.75, 3.05) is 5.32 Å². The normalized spacial score (nSPS) is 10.7. The Morgan fingerprint density at radius 1 is 1.25 bits per heavy atom. The molecule has 3 aromatic rings. The highest BCUT2D eigenvalue weighted by atomic mass is 32.1. The quantitative estimate of drug-likeness (QED) is 0.782. The zero-order valence-corrected chi connectivity index (χ0v) is 12.0. The number of amides is 1. The summed E-state index contributed by atoms with van der Waals surface area (Å²) in [5, 5.41) is 4.81. The van der Waals surface area contributed by atoms with Crippen molar-refractivity contribution in [2.24, 2.45) is 0 Å². The molecule has 2 aromatic heterocycles. The van der Waals surface area contributed by atoms with E-state index in [1.807, 2.05) is 44.2 Å². The van der Waals surface area contributed by atoms with Crippen LogP contribution >= 0.6 is 11.3 Å². The van der Waals surface area contributed by atoms with E-state index in [0.29, 0.717) is 4.88 Å². The van der Waals surface area contributed by atoms with Crippen molar-refractivity contribution in [3.05, 3.63) is 52.1 Å². The molecule has 0 bridgehead atoms. The van der Waals surface area contributed by atoms with Crippen LogP contribution in [-0.2, 0) is 0 Å². The van der Waals surface area contributed by atoms with Gasteiger partial charge in [-0.2, -0.15) is 0 Å².